The first-order valence-electron chi connectivity index (χ1n) is 6.96. The van der Waals surface area contributed by atoms with Gasteiger partial charge < -0.3 is 24.8 Å². The SMILES string of the molecule is COc1cc(CCC(O)c2ccc(O)c(OC)c2)ccc1O. The molecule has 0 aromatic heterocycles. The second kappa shape index (κ2) is 7.04. The molecule has 2 rings (SSSR count). The summed E-state index contributed by atoms with van der Waals surface area (Å²) in [4.78, 5) is 0. The lowest BCUT2D eigenvalue weighted by molar-refractivity contribution is 0.167. The highest BCUT2D eigenvalue weighted by atomic mass is 16.5. The molecule has 0 amide bonds. The molecule has 2 aromatic rings. The first-order valence-corrected chi connectivity index (χ1v) is 6.96. The van der Waals surface area contributed by atoms with Crippen molar-refractivity contribution >= 4 is 0 Å². The number of ether oxygens (including phenoxy) is 2. The lowest BCUT2D eigenvalue weighted by Crippen LogP contribution is -2.00. The maximum absolute atomic E-state index is 10.3. The average Bonchev–Trinajstić information content (AvgIpc) is 2.54. The Hall–Kier alpha value is -2.40. The zero-order valence-electron chi connectivity index (χ0n) is 12.6. The van der Waals surface area contributed by atoms with Crippen molar-refractivity contribution in [2.24, 2.45) is 0 Å². The number of benzene rings is 2. The summed E-state index contributed by atoms with van der Waals surface area (Å²) in [5.74, 6) is 0.887. The van der Waals surface area contributed by atoms with Crippen LogP contribution in [0.1, 0.15) is 23.7 Å². The Morgan fingerprint density at radius 2 is 1.50 bits per heavy atom. The fourth-order valence-electron chi connectivity index (χ4n) is 2.25. The van der Waals surface area contributed by atoms with Gasteiger partial charge in [-0.05, 0) is 48.2 Å². The molecule has 0 spiro atoms. The largest absolute Gasteiger partial charge is 0.504 e. The number of phenols is 2. The molecule has 0 radical (unpaired) electrons. The molecule has 0 heterocycles. The third-order valence-corrected chi connectivity index (χ3v) is 3.54. The van der Waals surface area contributed by atoms with Gasteiger partial charge >= 0.3 is 0 Å². The highest BCUT2D eigenvalue weighted by Crippen LogP contribution is 2.31. The number of aryl methyl sites for hydroxylation is 1. The average molecular weight is 304 g/mol. The van der Waals surface area contributed by atoms with E-state index >= 15 is 0 Å². The topological polar surface area (TPSA) is 79.2 Å². The number of aliphatic hydroxyl groups excluding tert-OH is 1. The van der Waals surface area contributed by atoms with E-state index in [1.807, 2.05) is 0 Å². The van der Waals surface area contributed by atoms with Gasteiger partial charge in [0.25, 0.3) is 0 Å². The van der Waals surface area contributed by atoms with Crippen LogP contribution in [0.25, 0.3) is 0 Å². The highest BCUT2D eigenvalue weighted by molar-refractivity contribution is 5.43. The van der Waals surface area contributed by atoms with Gasteiger partial charge in [-0.15, -0.1) is 0 Å². The molecule has 0 saturated heterocycles. The van der Waals surface area contributed by atoms with Gasteiger partial charge in [0.15, 0.2) is 23.0 Å². The number of hydrogen-bond acceptors (Lipinski definition) is 5. The minimum absolute atomic E-state index is 0.0433. The smallest absolute Gasteiger partial charge is 0.160 e. The van der Waals surface area contributed by atoms with Crippen molar-refractivity contribution in [1.82, 2.24) is 0 Å². The second-order valence-electron chi connectivity index (χ2n) is 4.99. The summed E-state index contributed by atoms with van der Waals surface area (Å²) < 4.78 is 10.1. The zero-order chi connectivity index (χ0) is 16.1. The number of aromatic hydroxyl groups is 2. The van der Waals surface area contributed by atoms with Gasteiger partial charge in [-0.3, -0.25) is 0 Å². The first kappa shape index (κ1) is 16.0. The summed E-state index contributed by atoms with van der Waals surface area (Å²) in [7, 11) is 2.96. The lowest BCUT2D eigenvalue weighted by Gasteiger charge is -2.13. The number of hydrogen-bond donors (Lipinski definition) is 3. The Kier molecular flexibility index (Phi) is 5.12. The van der Waals surface area contributed by atoms with Crippen molar-refractivity contribution in [3.63, 3.8) is 0 Å². The molecule has 1 atom stereocenters. The molecule has 0 aliphatic heterocycles. The molecular formula is C17H20O5. The summed E-state index contributed by atoms with van der Waals surface area (Å²) >= 11 is 0. The fraction of sp³-hybridized carbons (Fsp3) is 0.294. The molecule has 118 valence electrons. The van der Waals surface area contributed by atoms with Gasteiger partial charge in [0.2, 0.25) is 0 Å². The Bertz CT molecular complexity index is 639. The van der Waals surface area contributed by atoms with E-state index in [9.17, 15) is 15.3 Å². The van der Waals surface area contributed by atoms with Crippen LogP contribution in [0.4, 0.5) is 0 Å². The van der Waals surface area contributed by atoms with Crippen molar-refractivity contribution in [2.45, 2.75) is 18.9 Å². The van der Waals surface area contributed by atoms with E-state index in [-0.39, 0.29) is 11.5 Å². The minimum atomic E-state index is -0.672. The van der Waals surface area contributed by atoms with Crippen molar-refractivity contribution in [1.29, 1.82) is 0 Å². The molecule has 0 fully saturated rings. The van der Waals surface area contributed by atoms with Crippen LogP contribution >= 0.6 is 0 Å². The van der Waals surface area contributed by atoms with Gasteiger partial charge in [-0.25, -0.2) is 0 Å². The number of methoxy groups -OCH3 is 2. The van der Waals surface area contributed by atoms with Crippen LogP contribution in [-0.2, 0) is 6.42 Å². The standard InChI is InChI=1S/C17H20O5/c1-21-16-9-11(4-7-14(16)19)3-6-13(18)12-5-8-15(20)17(10-12)22-2/h4-5,7-10,13,18-20H,3,6H2,1-2H3. The summed E-state index contributed by atoms with van der Waals surface area (Å²) in [6.45, 7) is 0. The minimum Gasteiger partial charge on any atom is -0.504 e. The lowest BCUT2D eigenvalue weighted by atomic mass is 10.0. The Balaban J connectivity index is 2.05. The van der Waals surface area contributed by atoms with Gasteiger partial charge in [0.05, 0.1) is 20.3 Å². The maximum atomic E-state index is 10.3. The molecule has 3 N–H and O–H groups in total. The van der Waals surface area contributed by atoms with Crippen molar-refractivity contribution < 1.29 is 24.8 Å². The number of aliphatic hydroxyl groups is 1. The molecule has 5 heteroatoms. The molecule has 2 aromatic carbocycles. The summed E-state index contributed by atoms with van der Waals surface area (Å²) in [6, 6.07) is 9.91. The van der Waals surface area contributed by atoms with Crippen LogP contribution in [0, 0.1) is 0 Å². The first-order chi connectivity index (χ1) is 10.5. The van der Waals surface area contributed by atoms with E-state index < -0.39 is 6.10 Å². The normalized spacial score (nSPS) is 12.0. The van der Waals surface area contributed by atoms with E-state index in [1.165, 1.54) is 20.3 Å². The highest BCUT2D eigenvalue weighted by Gasteiger charge is 2.12. The second-order valence-corrected chi connectivity index (χ2v) is 4.99. The van der Waals surface area contributed by atoms with E-state index in [0.717, 1.165) is 5.56 Å². The molecule has 5 nitrogen and oxygen atoms in total. The molecule has 0 bridgehead atoms. The van der Waals surface area contributed by atoms with Gasteiger partial charge in [-0.2, -0.15) is 0 Å². The zero-order valence-corrected chi connectivity index (χ0v) is 12.6. The monoisotopic (exact) mass is 304 g/mol. The van der Waals surface area contributed by atoms with E-state index in [2.05, 4.69) is 0 Å². The van der Waals surface area contributed by atoms with Crippen LogP contribution in [0.15, 0.2) is 36.4 Å². The summed E-state index contributed by atoms with van der Waals surface area (Å²) in [5.41, 5.74) is 1.64. The Morgan fingerprint density at radius 1 is 0.909 bits per heavy atom. The number of phenolic OH excluding ortho intramolecular Hbond substituents is 2. The van der Waals surface area contributed by atoms with Gasteiger partial charge in [-0.1, -0.05) is 12.1 Å². The number of rotatable bonds is 6. The van der Waals surface area contributed by atoms with Crippen molar-refractivity contribution in [3.05, 3.63) is 47.5 Å². The third-order valence-electron chi connectivity index (χ3n) is 3.54. The van der Waals surface area contributed by atoms with E-state index in [0.29, 0.717) is 29.9 Å². The van der Waals surface area contributed by atoms with Crippen molar-refractivity contribution in [3.8, 4) is 23.0 Å². The molecule has 0 aliphatic carbocycles. The molecule has 0 saturated carbocycles. The quantitative estimate of drug-likeness (QED) is 0.765. The summed E-state index contributed by atoms with van der Waals surface area (Å²) in [6.07, 6.45) is 0.456. The molecular weight excluding hydrogens is 284 g/mol. The Morgan fingerprint density at radius 3 is 2.14 bits per heavy atom. The maximum Gasteiger partial charge on any atom is 0.160 e. The predicted octanol–water partition coefficient (Wildman–Crippen LogP) is 2.78. The van der Waals surface area contributed by atoms with E-state index in [1.54, 1.807) is 30.3 Å². The molecule has 0 aliphatic rings. The molecule has 1 unspecified atom stereocenters. The van der Waals surface area contributed by atoms with Gasteiger partial charge in [0, 0.05) is 0 Å². The third kappa shape index (κ3) is 3.62. The molecule has 22 heavy (non-hydrogen) atoms. The van der Waals surface area contributed by atoms with Crippen molar-refractivity contribution in [2.75, 3.05) is 14.2 Å². The van der Waals surface area contributed by atoms with Gasteiger partial charge in [0.1, 0.15) is 0 Å². The van der Waals surface area contributed by atoms with Crippen LogP contribution in [0.2, 0.25) is 0 Å². The summed E-state index contributed by atoms with van der Waals surface area (Å²) in [5, 5.41) is 29.4. The Labute approximate surface area is 129 Å². The van der Waals surface area contributed by atoms with Crippen LogP contribution in [0.3, 0.4) is 0 Å². The van der Waals surface area contributed by atoms with Crippen LogP contribution < -0.4 is 9.47 Å². The van der Waals surface area contributed by atoms with Crippen LogP contribution in [-0.4, -0.2) is 29.5 Å². The fourth-order valence-corrected chi connectivity index (χ4v) is 2.25. The van der Waals surface area contributed by atoms with E-state index in [4.69, 9.17) is 9.47 Å². The van der Waals surface area contributed by atoms with Crippen LogP contribution in [0.5, 0.6) is 23.0 Å². The predicted molar refractivity (Wildman–Crippen MR) is 82.6 cm³/mol.